The Morgan fingerprint density at radius 2 is 0.688 bits per heavy atom. The number of rotatable bonds is 15. The van der Waals surface area contributed by atoms with Gasteiger partial charge in [0.15, 0.2) is 0 Å². The SMILES string of the molecule is C=C/C(=C\C=C/C)N1c2cc(N(c3ccccc3)c3ccc(-c4ccc(-c5c(-c6ccccc6)n6c7c(cccc57)B5c7ccccc7N(c7ccc(N(c8ccccc8)c8ccccc8)cc7)c7cccc-6c75)cc4)cc3)ccc2B2c3c1cccc3-n1c(-c3ccccc3)c(-c3ccccc3)c3cccc2c31. The van der Waals surface area contributed by atoms with Crippen molar-refractivity contribution in [1.82, 2.24) is 9.13 Å². The minimum Gasteiger partial charge on any atom is -0.311 e. The van der Waals surface area contributed by atoms with Gasteiger partial charge in [0.05, 0.1) is 11.4 Å². The third-order valence-electron chi connectivity index (χ3n) is 22.8. The van der Waals surface area contributed by atoms with Crippen LogP contribution in [0.15, 0.2) is 407 Å². The molecule has 21 rings (SSSR count). The molecular formula is C101H70B2N6. The largest absolute Gasteiger partial charge is 0.311 e. The van der Waals surface area contributed by atoms with Crippen molar-refractivity contribution in [3.8, 4) is 67.3 Å². The minimum atomic E-state index is -0.0627. The van der Waals surface area contributed by atoms with Crippen molar-refractivity contribution >= 4 is 131 Å². The summed E-state index contributed by atoms with van der Waals surface area (Å²) in [7, 11) is 0. The smallest absolute Gasteiger partial charge is 0.252 e. The number of benzene rings is 15. The van der Waals surface area contributed by atoms with Crippen LogP contribution >= 0.6 is 0 Å². The lowest BCUT2D eigenvalue weighted by Crippen LogP contribution is -2.60. The van der Waals surface area contributed by atoms with Crippen LogP contribution in [0.1, 0.15) is 6.92 Å². The fourth-order valence-electron chi connectivity index (χ4n) is 18.3. The van der Waals surface area contributed by atoms with E-state index in [0.717, 1.165) is 79.1 Å². The number of aromatic nitrogens is 2. The van der Waals surface area contributed by atoms with Gasteiger partial charge in [-0.3, -0.25) is 0 Å². The van der Waals surface area contributed by atoms with E-state index in [1.807, 2.05) is 6.08 Å². The zero-order valence-electron chi connectivity index (χ0n) is 60.1. The summed E-state index contributed by atoms with van der Waals surface area (Å²) in [5, 5.41) is 2.48. The number of hydrogen-bond donors (Lipinski definition) is 0. The standard InChI is InChI=1S/C101H70B2N6/c1-3-5-36-74(4-2)106-89-49-28-51-91-96(89)103(87-47-26-43-82-94(70-30-12-6-13-31-70)98(108(91)100(82)87)72-32-14-7-15-33-72)85-66-65-81(67-93(85)106)105(77-41-22-11-23-42-77)78-59-57-69(58-60-78)68-53-55-71(56-54-68)95-83-44-27-46-86-101(83)109(99(95)73-34-16-8-17-35-73)92-52-29-50-90-97(92)102(86)84-45-24-25-48-88(84)107(90)80-63-61-79(62-64-80)104(75-37-18-9-19-38-75)76-39-20-10-21-40-76/h3-67H,2H2,1H3/b5-3-,74-36+. The predicted molar refractivity (Wildman–Crippen MR) is 462 cm³/mol. The van der Waals surface area contributed by atoms with Crippen molar-refractivity contribution in [3.05, 3.63) is 407 Å². The number of nitrogens with zero attached hydrogens (tertiary/aromatic N) is 6. The quantitative estimate of drug-likeness (QED) is 0.0754. The Labute approximate surface area is 636 Å². The number of allylic oxidation sites excluding steroid dienone is 4. The molecule has 2 aromatic heterocycles. The molecule has 0 radical (unpaired) electrons. The first-order valence-electron chi connectivity index (χ1n) is 37.7. The van der Waals surface area contributed by atoms with Crippen LogP contribution in [0.2, 0.25) is 0 Å². The van der Waals surface area contributed by atoms with Gasteiger partial charge in [0.2, 0.25) is 0 Å². The molecule has 0 bridgehead atoms. The molecule has 15 aromatic carbocycles. The first-order chi connectivity index (χ1) is 54.1. The Hall–Kier alpha value is -14.1. The molecule has 109 heavy (non-hydrogen) atoms. The summed E-state index contributed by atoms with van der Waals surface area (Å²) in [5.41, 5.74) is 37.5. The lowest BCUT2D eigenvalue weighted by atomic mass is 9.34. The molecule has 0 unspecified atom stereocenters. The van der Waals surface area contributed by atoms with Crippen molar-refractivity contribution in [2.45, 2.75) is 6.92 Å². The fraction of sp³-hybridized carbons (Fsp3) is 0.00990. The van der Waals surface area contributed by atoms with Crippen molar-refractivity contribution in [2.24, 2.45) is 0 Å². The summed E-state index contributed by atoms with van der Waals surface area (Å²) in [4.78, 5) is 9.67. The average Bonchev–Trinajstić information content (AvgIpc) is 1.62. The van der Waals surface area contributed by atoms with Gasteiger partial charge in [-0.05, 0) is 200 Å². The predicted octanol–water partition coefficient (Wildman–Crippen LogP) is 22.4. The van der Waals surface area contributed by atoms with E-state index in [1.54, 1.807) is 0 Å². The van der Waals surface area contributed by atoms with Gasteiger partial charge in [-0.15, -0.1) is 0 Å². The molecule has 0 N–H and O–H groups in total. The monoisotopic (exact) mass is 1390 g/mol. The third kappa shape index (κ3) is 9.99. The Morgan fingerprint density at radius 3 is 1.21 bits per heavy atom. The lowest BCUT2D eigenvalue weighted by Gasteiger charge is -2.41. The summed E-state index contributed by atoms with van der Waals surface area (Å²) >= 11 is 0. The van der Waals surface area contributed by atoms with Gasteiger partial charge in [-0.1, -0.05) is 274 Å². The maximum absolute atomic E-state index is 4.50. The van der Waals surface area contributed by atoms with E-state index in [4.69, 9.17) is 0 Å². The maximum Gasteiger partial charge on any atom is 0.252 e. The second-order valence-electron chi connectivity index (χ2n) is 28.6. The van der Waals surface area contributed by atoms with Crippen LogP contribution in [0.5, 0.6) is 0 Å². The van der Waals surface area contributed by atoms with Crippen LogP contribution in [0.3, 0.4) is 0 Å². The molecule has 0 spiro atoms. The first-order valence-corrected chi connectivity index (χ1v) is 37.7. The molecule has 8 heteroatoms. The van der Waals surface area contributed by atoms with E-state index in [0.29, 0.717) is 0 Å². The molecule has 6 heterocycles. The topological polar surface area (TPSA) is 22.8 Å². The second kappa shape index (κ2) is 25.9. The van der Waals surface area contributed by atoms with Gasteiger partial charge in [0.1, 0.15) is 0 Å². The fourth-order valence-corrected chi connectivity index (χ4v) is 18.3. The Kier molecular flexibility index (Phi) is 15.1. The Morgan fingerprint density at radius 1 is 0.312 bits per heavy atom. The zero-order valence-corrected chi connectivity index (χ0v) is 60.1. The van der Waals surface area contributed by atoms with Gasteiger partial charge in [0.25, 0.3) is 13.4 Å². The Bertz CT molecular complexity index is 6450. The van der Waals surface area contributed by atoms with E-state index in [-0.39, 0.29) is 13.4 Å². The van der Waals surface area contributed by atoms with E-state index < -0.39 is 0 Å². The summed E-state index contributed by atoms with van der Waals surface area (Å²) in [6, 6.07) is 137. The maximum atomic E-state index is 4.50. The van der Waals surface area contributed by atoms with E-state index in [9.17, 15) is 0 Å². The van der Waals surface area contributed by atoms with Crippen LogP contribution in [0.4, 0.5) is 62.6 Å². The highest BCUT2D eigenvalue weighted by Crippen LogP contribution is 2.50. The number of para-hydroxylation sites is 6. The molecule has 4 aliphatic heterocycles. The van der Waals surface area contributed by atoms with Crippen LogP contribution in [-0.2, 0) is 0 Å². The number of hydrogen-bond acceptors (Lipinski definition) is 4. The minimum absolute atomic E-state index is 0.000315. The number of anilines is 11. The summed E-state index contributed by atoms with van der Waals surface area (Å²) in [5.74, 6) is 0. The van der Waals surface area contributed by atoms with Crippen LogP contribution in [0, 0.1) is 0 Å². The highest BCUT2D eigenvalue weighted by molar-refractivity contribution is 7.01. The second-order valence-corrected chi connectivity index (χ2v) is 28.6. The van der Waals surface area contributed by atoms with Crippen LogP contribution in [-0.4, -0.2) is 22.6 Å². The van der Waals surface area contributed by atoms with E-state index in [2.05, 4.69) is 431 Å². The molecular weight excluding hydrogens is 1320 g/mol. The molecule has 510 valence electrons. The first kappa shape index (κ1) is 63.4. The molecule has 4 aliphatic rings. The van der Waals surface area contributed by atoms with Gasteiger partial charge >= 0.3 is 0 Å². The van der Waals surface area contributed by atoms with Gasteiger partial charge in [-0.2, -0.15) is 0 Å². The van der Waals surface area contributed by atoms with Crippen LogP contribution < -0.4 is 52.4 Å². The highest BCUT2D eigenvalue weighted by atomic mass is 15.2. The zero-order chi connectivity index (χ0) is 72.2. The molecule has 6 nitrogen and oxygen atoms in total. The molecule has 0 saturated heterocycles. The highest BCUT2D eigenvalue weighted by Gasteiger charge is 2.45. The average molecular weight is 1390 g/mol. The van der Waals surface area contributed by atoms with Crippen molar-refractivity contribution in [2.75, 3.05) is 19.6 Å². The molecule has 0 fully saturated rings. The Balaban J connectivity index is 0.661. The van der Waals surface area contributed by atoms with Crippen molar-refractivity contribution < 1.29 is 0 Å². The summed E-state index contributed by atoms with van der Waals surface area (Å²) in [6.07, 6.45) is 8.41. The summed E-state index contributed by atoms with van der Waals surface area (Å²) < 4.78 is 5.15. The molecule has 17 aromatic rings. The van der Waals surface area contributed by atoms with E-state index in [1.165, 1.54) is 111 Å². The number of fused-ring (bicyclic) bond motifs is 8. The van der Waals surface area contributed by atoms with Crippen molar-refractivity contribution in [3.63, 3.8) is 0 Å². The summed E-state index contributed by atoms with van der Waals surface area (Å²) in [6.45, 7) is 6.51. The normalized spacial score (nSPS) is 12.8. The molecule has 0 saturated carbocycles. The lowest BCUT2D eigenvalue weighted by molar-refractivity contribution is 1.13. The van der Waals surface area contributed by atoms with Crippen LogP contribution in [0.25, 0.3) is 89.1 Å². The van der Waals surface area contributed by atoms with Gasteiger partial charge < -0.3 is 28.7 Å². The molecule has 0 atom stereocenters. The molecule has 0 amide bonds. The van der Waals surface area contributed by atoms with Gasteiger partial charge in [-0.25, -0.2) is 0 Å². The van der Waals surface area contributed by atoms with Crippen molar-refractivity contribution in [1.29, 1.82) is 0 Å². The van der Waals surface area contributed by atoms with E-state index >= 15 is 0 Å². The van der Waals surface area contributed by atoms with Gasteiger partial charge in [0, 0.05) is 113 Å². The molecule has 0 aliphatic carbocycles. The third-order valence-corrected chi connectivity index (χ3v) is 22.8.